The van der Waals surface area contributed by atoms with Gasteiger partial charge in [0.05, 0.1) is 5.56 Å². The largest absolute Gasteiger partial charge is 0.416 e. The monoisotopic (exact) mass is 460 g/mol. The topological polar surface area (TPSA) is 66.9 Å². The van der Waals surface area contributed by atoms with Gasteiger partial charge in [-0.2, -0.15) is 18.2 Å². The van der Waals surface area contributed by atoms with Gasteiger partial charge in [-0.3, -0.25) is 4.79 Å². The van der Waals surface area contributed by atoms with Crippen LogP contribution in [0.15, 0.2) is 48.5 Å². The molecule has 29 heavy (non-hydrogen) atoms. The van der Waals surface area contributed by atoms with E-state index >= 15 is 0 Å². The highest BCUT2D eigenvalue weighted by molar-refractivity contribution is 6.43. The Labute approximate surface area is 177 Å². The first-order chi connectivity index (χ1) is 13.6. The second kappa shape index (κ2) is 8.44. The second-order valence-electron chi connectivity index (χ2n) is 5.68. The van der Waals surface area contributed by atoms with Crippen LogP contribution in [0.2, 0.25) is 15.5 Å². The van der Waals surface area contributed by atoms with E-state index in [4.69, 9.17) is 34.8 Å². The molecule has 1 amide bonds. The first-order valence-corrected chi connectivity index (χ1v) is 9.01. The van der Waals surface area contributed by atoms with Gasteiger partial charge in [-0.05, 0) is 48.0 Å². The van der Waals surface area contributed by atoms with E-state index in [0.29, 0.717) is 11.4 Å². The minimum absolute atomic E-state index is 0.0387. The molecule has 2 aromatic carbocycles. The van der Waals surface area contributed by atoms with E-state index in [1.54, 1.807) is 18.2 Å². The molecule has 0 fully saturated rings. The van der Waals surface area contributed by atoms with Gasteiger partial charge in [0, 0.05) is 16.9 Å². The molecule has 5 nitrogen and oxygen atoms in total. The molecular weight excluding hydrogens is 452 g/mol. The van der Waals surface area contributed by atoms with Crippen LogP contribution < -0.4 is 10.6 Å². The predicted octanol–water partition coefficient (Wildman–Crippen LogP) is 6.45. The Bertz CT molecular complexity index is 1080. The smallest absolute Gasteiger partial charge is 0.339 e. The van der Waals surface area contributed by atoms with E-state index in [0.717, 1.165) is 12.1 Å². The van der Waals surface area contributed by atoms with Gasteiger partial charge in [-0.1, -0.05) is 35.3 Å². The van der Waals surface area contributed by atoms with Crippen molar-refractivity contribution in [2.45, 2.75) is 6.18 Å². The summed E-state index contributed by atoms with van der Waals surface area (Å²) in [6, 6.07) is 10.5. The van der Waals surface area contributed by atoms with E-state index in [2.05, 4.69) is 20.6 Å². The Morgan fingerprint density at radius 2 is 1.62 bits per heavy atom. The van der Waals surface area contributed by atoms with Crippen LogP contribution in [0.4, 0.5) is 30.4 Å². The zero-order chi connectivity index (χ0) is 21.2. The fourth-order valence-electron chi connectivity index (χ4n) is 2.33. The van der Waals surface area contributed by atoms with E-state index in [1.807, 2.05) is 0 Å². The molecule has 2 N–H and O–H groups in total. The molecule has 150 valence electrons. The Kier molecular flexibility index (Phi) is 6.16. The van der Waals surface area contributed by atoms with Crippen LogP contribution in [0.1, 0.15) is 15.9 Å². The van der Waals surface area contributed by atoms with Crippen molar-refractivity contribution in [1.29, 1.82) is 0 Å². The summed E-state index contributed by atoms with van der Waals surface area (Å²) in [7, 11) is 0. The number of hydrogen-bond acceptors (Lipinski definition) is 4. The van der Waals surface area contributed by atoms with Crippen LogP contribution >= 0.6 is 34.8 Å². The van der Waals surface area contributed by atoms with Gasteiger partial charge in [0.25, 0.3) is 5.91 Å². The van der Waals surface area contributed by atoms with E-state index in [9.17, 15) is 18.0 Å². The van der Waals surface area contributed by atoms with Crippen molar-refractivity contribution < 1.29 is 18.0 Å². The molecule has 3 aromatic rings. The fourth-order valence-corrected chi connectivity index (χ4v) is 2.84. The Balaban J connectivity index is 1.79. The maximum absolute atomic E-state index is 12.8. The number of nitrogens with zero attached hydrogens (tertiary/aromatic N) is 2. The standard InChI is InChI=1S/C18H10Cl3F3N4O/c19-13-14(20)27-17(21)28-15(13)25-11-5-2-6-12(8-11)26-16(29)9-3-1-4-10(7-9)18(22,23)24/h1-8H,(H,26,29)(H,25,27,28). The normalized spacial score (nSPS) is 11.2. The molecule has 0 aliphatic heterocycles. The third-order valence-electron chi connectivity index (χ3n) is 3.62. The van der Waals surface area contributed by atoms with E-state index in [-0.39, 0.29) is 26.8 Å². The molecule has 0 saturated carbocycles. The molecule has 11 heteroatoms. The summed E-state index contributed by atoms with van der Waals surface area (Å²) in [5, 5.41) is 5.32. The summed E-state index contributed by atoms with van der Waals surface area (Å²) < 4.78 is 38.5. The average Bonchev–Trinajstić information content (AvgIpc) is 2.65. The van der Waals surface area contributed by atoms with Crippen LogP contribution in [0.25, 0.3) is 0 Å². The molecule has 1 aromatic heterocycles. The summed E-state index contributed by atoms with van der Waals surface area (Å²) in [6.07, 6.45) is -4.54. The first kappa shape index (κ1) is 21.2. The van der Waals surface area contributed by atoms with Crippen LogP contribution in [-0.2, 0) is 6.18 Å². The number of rotatable bonds is 4. The van der Waals surface area contributed by atoms with Crippen molar-refractivity contribution in [3.05, 3.63) is 75.1 Å². The fraction of sp³-hybridized carbons (Fsp3) is 0.0556. The molecular formula is C18H10Cl3F3N4O. The number of hydrogen-bond donors (Lipinski definition) is 2. The highest BCUT2D eigenvalue weighted by Gasteiger charge is 2.30. The van der Waals surface area contributed by atoms with Crippen LogP contribution in [0.3, 0.4) is 0 Å². The number of carbonyl (C=O) groups excluding carboxylic acids is 1. The van der Waals surface area contributed by atoms with Crippen molar-refractivity contribution in [3.8, 4) is 0 Å². The third kappa shape index (κ3) is 5.29. The zero-order valence-electron chi connectivity index (χ0n) is 14.2. The number of aromatic nitrogens is 2. The lowest BCUT2D eigenvalue weighted by Gasteiger charge is -2.11. The van der Waals surface area contributed by atoms with Gasteiger partial charge in [-0.25, -0.2) is 4.98 Å². The summed E-state index contributed by atoms with van der Waals surface area (Å²) >= 11 is 17.6. The van der Waals surface area contributed by atoms with Gasteiger partial charge in [0.2, 0.25) is 5.28 Å². The van der Waals surface area contributed by atoms with Gasteiger partial charge in [0.1, 0.15) is 5.02 Å². The van der Waals surface area contributed by atoms with Gasteiger partial charge < -0.3 is 10.6 Å². The minimum atomic E-state index is -4.54. The molecule has 0 spiro atoms. The molecule has 0 aliphatic rings. The zero-order valence-corrected chi connectivity index (χ0v) is 16.5. The Morgan fingerprint density at radius 1 is 0.931 bits per heavy atom. The molecule has 0 aliphatic carbocycles. The first-order valence-electron chi connectivity index (χ1n) is 7.88. The molecule has 0 bridgehead atoms. The summed E-state index contributed by atoms with van der Waals surface area (Å²) in [5.41, 5.74) is -0.234. The van der Waals surface area contributed by atoms with Crippen molar-refractivity contribution in [3.63, 3.8) is 0 Å². The minimum Gasteiger partial charge on any atom is -0.339 e. The number of carbonyl (C=O) groups is 1. The highest BCUT2D eigenvalue weighted by atomic mass is 35.5. The highest BCUT2D eigenvalue weighted by Crippen LogP contribution is 2.31. The SMILES string of the molecule is O=C(Nc1cccc(Nc2nc(Cl)nc(Cl)c2Cl)c1)c1cccc(C(F)(F)F)c1. The van der Waals surface area contributed by atoms with Crippen molar-refractivity contribution in [2.75, 3.05) is 10.6 Å². The quantitative estimate of drug-likeness (QED) is 0.346. The summed E-state index contributed by atoms with van der Waals surface area (Å²) in [5.74, 6) is -0.544. The maximum Gasteiger partial charge on any atom is 0.416 e. The van der Waals surface area contributed by atoms with Gasteiger partial charge in [-0.15, -0.1) is 0 Å². The van der Waals surface area contributed by atoms with Gasteiger partial charge in [0.15, 0.2) is 11.0 Å². The molecule has 3 rings (SSSR count). The number of alkyl halides is 3. The number of nitrogens with one attached hydrogen (secondary N) is 2. The molecule has 0 radical (unpaired) electrons. The average molecular weight is 462 g/mol. The molecule has 0 saturated heterocycles. The van der Waals surface area contributed by atoms with Crippen molar-refractivity contribution in [1.82, 2.24) is 9.97 Å². The Hall–Kier alpha value is -2.55. The maximum atomic E-state index is 12.8. The van der Waals surface area contributed by atoms with E-state index < -0.39 is 17.6 Å². The number of halogens is 6. The number of anilines is 3. The van der Waals surface area contributed by atoms with Crippen LogP contribution in [0, 0.1) is 0 Å². The predicted molar refractivity (Wildman–Crippen MR) is 106 cm³/mol. The Morgan fingerprint density at radius 3 is 2.34 bits per heavy atom. The van der Waals surface area contributed by atoms with Crippen molar-refractivity contribution in [2.24, 2.45) is 0 Å². The van der Waals surface area contributed by atoms with Gasteiger partial charge >= 0.3 is 6.18 Å². The molecule has 0 atom stereocenters. The van der Waals surface area contributed by atoms with Crippen LogP contribution in [-0.4, -0.2) is 15.9 Å². The lowest BCUT2D eigenvalue weighted by Crippen LogP contribution is -2.14. The number of amides is 1. The lowest BCUT2D eigenvalue weighted by molar-refractivity contribution is -0.137. The molecule has 0 unspecified atom stereocenters. The van der Waals surface area contributed by atoms with Crippen molar-refractivity contribution >= 4 is 57.9 Å². The lowest BCUT2D eigenvalue weighted by atomic mass is 10.1. The van der Waals surface area contributed by atoms with E-state index in [1.165, 1.54) is 18.2 Å². The third-order valence-corrected chi connectivity index (χ3v) is 4.52. The summed E-state index contributed by atoms with van der Waals surface area (Å²) in [6.45, 7) is 0. The van der Waals surface area contributed by atoms with Crippen LogP contribution in [0.5, 0.6) is 0 Å². The number of benzene rings is 2. The summed E-state index contributed by atoms with van der Waals surface area (Å²) in [4.78, 5) is 20.0. The molecule has 1 heterocycles. The second-order valence-corrected chi connectivity index (χ2v) is 6.76.